The number of ketones is 1. The normalized spacial score (nSPS) is 13.4. The molecule has 8 heteroatoms. The number of halogens is 1. The molecule has 1 aliphatic rings. The number of rotatable bonds is 9. The zero-order chi connectivity index (χ0) is 27.3. The third kappa shape index (κ3) is 6.03. The first-order valence-electron chi connectivity index (χ1n) is 11.9. The summed E-state index contributed by atoms with van der Waals surface area (Å²) >= 11 is 0. The maximum Gasteiger partial charge on any atom is 0.262 e. The Labute approximate surface area is 220 Å². The molecule has 0 saturated heterocycles. The first kappa shape index (κ1) is 26.5. The van der Waals surface area contributed by atoms with Crippen LogP contribution in [0.5, 0.6) is 23.0 Å². The number of hydrogen-bond acceptors (Lipinski definition) is 6. The van der Waals surface area contributed by atoms with E-state index in [-0.39, 0.29) is 18.1 Å². The minimum absolute atomic E-state index is 0.0619. The van der Waals surface area contributed by atoms with Gasteiger partial charge in [0.1, 0.15) is 22.9 Å². The Morgan fingerprint density at radius 2 is 1.74 bits per heavy atom. The Balaban J connectivity index is 1.50. The Morgan fingerprint density at radius 1 is 1.00 bits per heavy atom. The van der Waals surface area contributed by atoms with Crippen LogP contribution >= 0.6 is 0 Å². The highest BCUT2D eigenvalue weighted by Crippen LogP contribution is 2.40. The van der Waals surface area contributed by atoms with Crippen LogP contribution in [0, 0.1) is 5.82 Å². The van der Waals surface area contributed by atoms with Crippen LogP contribution in [0.15, 0.2) is 66.7 Å². The van der Waals surface area contributed by atoms with E-state index in [0.717, 1.165) is 0 Å². The highest BCUT2D eigenvalue weighted by molar-refractivity contribution is 6.09. The molecular weight excluding hydrogens is 489 g/mol. The number of hydrogen-bond donors (Lipinski definition) is 1. The monoisotopic (exact) mass is 517 g/mol. The van der Waals surface area contributed by atoms with Crippen LogP contribution in [-0.4, -0.2) is 38.1 Å². The number of fused-ring (bicyclic) bond motifs is 1. The van der Waals surface area contributed by atoms with Crippen LogP contribution < -0.4 is 24.3 Å². The molecule has 1 aliphatic heterocycles. The van der Waals surface area contributed by atoms with E-state index in [1.165, 1.54) is 31.4 Å². The summed E-state index contributed by atoms with van der Waals surface area (Å²) in [4.78, 5) is 25.4. The lowest BCUT2D eigenvalue weighted by molar-refractivity contribution is -0.118. The van der Waals surface area contributed by atoms with E-state index in [9.17, 15) is 14.0 Å². The number of nitrogens with one attached hydrogen (secondary N) is 1. The van der Waals surface area contributed by atoms with Crippen LogP contribution in [0.3, 0.4) is 0 Å². The van der Waals surface area contributed by atoms with Gasteiger partial charge in [-0.05, 0) is 74.0 Å². The van der Waals surface area contributed by atoms with Crippen molar-refractivity contribution in [2.24, 2.45) is 0 Å². The lowest BCUT2D eigenvalue weighted by Crippen LogP contribution is -2.28. The summed E-state index contributed by atoms with van der Waals surface area (Å²) in [5.74, 6) is 0.446. The quantitative estimate of drug-likeness (QED) is 0.279. The zero-order valence-corrected chi connectivity index (χ0v) is 21.5. The van der Waals surface area contributed by atoms with E-state index in [1.807, 2.05) is 26.0 Å². The zero-order valence-electron chi connectivity index (χ0n) is 21.5. The second kappa shape index (κ2) is 11.2. The second-order valence-electron chi connectivity index (χ2n) is 9.02. The van der Waals surface area contributed by atoms with Crippen molar-refractivity contribution < 1.29 is 32.9 Å². The molecule has 0 fully saturated rings. The van der Waals surface area contributed by atoms with E-state index in [2.05, 4.69) is 5.32 Å². The van der Waals surface area contributed by atoms with E-state index < -0.39 is 17.3 Å². The lowest BCUT2D eigenvalue weighted by atomic mass is 9.97. The molecule has 0 unspecified atom stereocenters. The largest absolute Gasteiger partial charge is 0.496 e. The van der Waals surface area contributed by atoms with Gasteiger partial charge in [-0.25, -0.2) is 4.39 Å². The van der Waals surface area contributed by atoms with Crippen molar-refractivity contribution in [2.45, 2.75) is 19.4 Å². The Hall–Kier alpha value is -4.59. The minimum Gasteiger partial charge on any atom is -0.496 e. The molecule has 4 rings (SSSR count). The van der Waals surface area contributed by atoms with E-state index in [1.54, 1.807) is 49.6 Å². The molecule has 1 amide bonds. The van der Waals surface area contributed by atoms with Gasteiger partial charge in [0.25, 0.3) is 5.91 Å². The third-order valence-electron chi connectivity index (χ3n) is 5.78. The number of carbonyl (C=O) groups excluding carboxylic acids is 2. The number of ether oxygens (including phenoxy) is 4. The first-order chi connectivity index (χ1) is 18.2. The number of allylic oxidation sites excluding steroid dienone is 1. The lowest BCUT2D eigenvalue weighted by Gasteiger charge is -2.29. The molecule has 196 valence electrons. The fourth-order valence-electron chi connectivity index (χ4n) is 3.87. The maximum absolute atomic E-state index is 13.8. The van der Waals surface area contributed by atoms with Gasteiger partial charge in [-0.3, -0.25) is 9.59 Å². The molecule has 3 aromatic rings. The van der Waals surface area contributed by atoms with E-state index >= 15 is 0 Å². The van der Waals surface area contributed by atoms with Gasteiger partial charge in [0.15, 0.2) is 23.9 Å². The average Bonchev–Trinajstić information content (AvgIpc) is 2.90. The van der Waals surface area contributed by atoms with Gasteiger partial charge in [-0.1, -0.05) is 24.3 Å². The molecule has 1 heterocycles. The Bertz CT molecular complexity index is 1430. The van der Waals surface area contributed by atoms with Crippen molar-refractivity contribution in [2.75, 3.05) is 26.1 Å². The number of carbonyl (C=O) groups is 2. The maximum atomic E-state index is 13.8. The number of benzene rings is 3. The SMILES string of the molecule is COc1ccc(/C=C/C(=O)c2ccc(OC)c3c2OC(C)(C)C=C3)cc1OCC(=O)Nc1ccccc1F. The topological polar surface area (TPSA) is 83.1 Å². The molecule has 0 spiro atoms. The number of methoxy groups -OCH3 is 2. The number of amides is 1. The third-order valence-corrected chi connectivity index (χ3v) is 5.78. The smallest absolute Gasteiger partial charge is 0.262 e. The molecule has 0 radical (unpaired) electrons. The van der Waals surface area contributed by atoms with Crippen LogP contribution in [0.4, 0.5) is 10.1 Å². The van der Waals surface area contributed by atoms with Gasteiger partial charge < -0.3 is 24.3 Å². The molecule has 0 atom stereocenters. The molecule has 0 bridgehead atoms. The van der Waals surface area contributed by atoms with Crippen molar-refractivity contribution in [1.29, 1.82) is 0 Å². The summed E-state index contributed by atoms with van der Waals surface area (Å²) in [6.07, 6.45) is 6.88. The Kier molecular flexibility index (Phi) is 7.81. The second-order valence-corrected chi connectivity index (χ2v) is 9.02. The van der Waals surface area contributed by atoms with Crippen molar-refractivity contribution in [1.82, 2.24) is 0 Å². The van der Waals surface area contributed by atoms with E-state index in [4.69, 9.17) is 18.9 Å². The van der Waals surface area contributed by atoms with Crippen LogP contribution in [0.2, 0.25) is 0 Å². The van der Waals surface area contributed by atoms with Gasteiger partial charge >= 0.3 is 0 Å². The summed E-state index contributed by atoms with van der Waals surface area (Å²) in [6.45, 7) is 3.45. The van der Waals surface area contributed by atoms with Gasteiger partial charge in [0.2, 0.25) is 0 Å². The fraction of sp³-hybridized carbons (Fsp3) is 0.200. The van der Waals surface area contributed by atoms with Crippen LogP contribution in [0.25, 0.3) is 12.2 Å². The summed E-state index contributed by atoms with van der Waals surface area (Å²) < 4.78 is 36.3. The van der Waals surface area contributed by atoms with Gasteiger partial charge in [-0.15, -0.1) is 0 Å². The summed E-state index contributed by atoms with van der Waals surface area (Å²) in [7, 11) is 3.04. The predicted octanol–water partition coefficient (Wildman–Crippen LogP) is 5.94. The summed E-state index contributed by atoms with van der Waals surface area (Å²) in [5.41, 5.74) is 1.25. The van der Waals surface area contributed by atoms with Crippen molar-refractivity contribution in [3.05, 3.63) is 89.3 Å². The van der Waals surface area contributed by atoms with Crippen molar-refractivity contribution in [3.63, 3.8) is 0 Å². The first-order valence-corrected chi connectivity index (χ1v) is 11.9. The molecule has 38 heavy (non-hydrogen) atoms. The molecular formula is C30H28FNO6. The molecule has 0 aliphatic carbocycles. The molecule has 7 nitrogen and oxygen atoms in total. The standard InChI is InChI=1S/C30H28FNO6/c1-30(2)16-15-21-25(35-3)14-11-20(29(21)38-30)24(33)12-9-19-10-13-26(36-4)27(17-19)37-18-28(34)32-23-8-6-5-7-22(23)31/h5-17H,18H2,1-4H3,(H,32,34)/b12-9+. The van der Waals surface area contributed by atoms with Crippen LogP contribution in [0.1, 0.15) is 35.3 Å². The van der Waals surface area contributed by atoms with Crippen LogP contribution in [-0.2, 0) is 4.79 Å². The van der Waals surface area contributed by atoms with Crippen molar-refractivity contribution in [3.8, 4) is 23.0 Å². The van der Waals surface area contributed by atoms with Gasteiger partial charge in [0, 0.05) is 0 Å². The summed E-state index contributed by atoms with van der Waals surface area (Å²) in [5, 5.41) is 2.47. The van der Waals surface area contributed by atoms with Gasteiger partial charge in [0.05, 0.1) is 31.0 Å². The molecule has 0 saturated carbocycles. The average molecular weight is 518 g/mol. The highest BCUT2D eigenvalue weighted by Gasteiger charge is 2.27. The molecule has 3 aromatic carbocycles. The Morgan fingerprint density at radius 3 is 2.47 bits per heavy atom. The molecule has 0 aromatic heterocycles. The van der Waals surface area contributed by atoms with Crippen molar-refractivity contribution >= 4 is 29.5 Å². The van der Waals surface area contributed by atoms with E-state index in [0.29, 0.717) is 39.7 Å². The van der Waals surface area contributed by atoms with Gasteiger partial charge in [-0.2, -0.15) is 0 Å². The number of anilines is 1. The number of para-hydroxylation sites is 1. The summed E-state index contributed by atoms with van der Waals surface area (Å²) in [6, 6.07) is 14.3. The molecule has 1 N–H and O–H groups in total. The minimum atomic E-state index is -0.571. The fourth-order valence-corrected chi connectivity index (χ4v) is 3.87. The predicted molar refractivity (Wildman–Crippen MR) is 144 cm³/mol. The highest BCUT2D eigenvalue weighted by atomic mass is 19.1.